The zero-order chi connectivity index (χ0) is 17.3. The molecule has 0 bridgehead atoms. The van der Waals surface area contributed by atoms with Crippen molar-refractivity contribution in [3.05, 3.63) is 60.5 Å². The van der Waals surface area contributed by atoms with E-state index < -0.39 is 22.3 Å². The van der Waals surface area contributed by atoms with Crippen LogP contribution in [-0.4, -0.2) is 13.4 Å². The van der Waals surface area contributed by atoms with Gasteiger partial charge in [-0.3, -0.25) is 0 Å². The maximum absolute atomic E-state index is 13.0. The molecule has 0 radical (unpaired) electrons. The lowest BCUT2D eigenvalue weighted by molar-refractivity contribution is 0.116. The Bertz CT molecular complexity index is 970. The van der Waals surface area contributed by atoms with Crippen LogP contribution in [0.3, 0.4) is 0 Å². The van der Waals surface area contributed by atoms with E-state index in [1.165, 1.54) is 18.2 Å². The van der Waals surface area contributed by atoms with Crippen LogP contribution in [0.25, 0.3) is 22.6 Å². The van der Waals surface area contributed by atoms with Crippen LogP contribution in [0.4, 0.5) is 8.78 Å². The maximum atomic E-state index is 13.0. The number of aromatic nitrogens is 1. The third-order valence-electron chi connectivity index (χ3n) is 3.32. The van der Waals surface area contributed by atoms with Crippen LogP contribution in [0.2, 0.25) is 0 Å². The highest BCUT2D eigenvalue weighted by Crippen LogP contribution is 2.37. The van der Waals surface area contributed by atoms with Gasteiger partial charge in [0.25, 0.3) is 5.89 Å². The Morgan fingerprint density at radius 3 is 2.25 bits per heavy atom. The highest BCUT2D eigenvalue weighted by Gasteiger charge is 2.25. The molecule has 0 spiro atoms. The van der Waals surface area contributed by atoms with Gasteiger partial charge in [-0.1, -0.05) is 48.5 Å². The second kappa shape index (κ2) is 6.14. The van der Waals surface area contributed by atoms with Crippen LogP contribution < -0.4 is 5.14 Å². The van der Waals surface area contributed by atoms with E-state index in [0.717, 1.165) is 0 Å². The Hall–Kier alpha value is -2.58. The lowest BCUT2D eigenvalue weighted by atomic mass is 10.1. The van der Waals surface area contributed by atoms with Gasteiger partial charge in [0.05, 0.1) is 4.90 Å². The first kappa shape index (κ1) is 16.3. The van der Waals surface area contributed by atoms with E-state index >= 15 is 0 Å². The van der Waals surface area contributed by atoms with Gasteiger partial charge in [-0.15, -0.1) is 0 Å². The zero-order valence-electron chi connectivity index (χ0n) is 12.2. The number of primary sulfonamides is 1. The van der Waals surface area contributed by atoms with Crippen molar-refractivity contribution in [3.63, 3.8) is 0 Å². The monoisotopic (exact) mass is 350 g/mol. The van der Waals surface area contributed by atoms with Crippen LogP contribution in [0.15, 0.2) is 63.9 Å². The molecule has 1 heterocycles. The van der Waals surface area contributed by atoms with Gasteiger partial charge in [0.1, 0.15) is 5.69 Å². The summed E-state index contributed by atoms with van der Waals surface area (Å²) in [6.45, 7) is 0. The summed E-state index contributed by atoms with van der Waals surface area (Å²) < 4.78 is 54.8. The summed E-state index contributed by atoms with van der Waals surface area (Å²) in [6.07, 6.45) is -2.93. The lowest BCUT2D eigenvalue weighted by Gasteiger charge is -2.06. The number of rotatable bonds is 4. The standard InChI is InChI=1S/C16H12F2N2O3S/c17-15(18)16-20-13(14(23-16)10-6-2-1-3-7-10)11-8-4-5-9-12(11)24(19,21)22/h1-9,15H,(H2,19,21,22). The van der Waals surface area contributed by atoms with Gasteiger partial charge in [-0.25, -0.2) is 18.5 Å². The van der Waals surface area contributed by atoms with Gasteiger partial charge in [-0.05, 0) is 6.07 Å². The molecule has 124 valence electrons. The van der Waals surface area contributed by atoms with Gasteiger partial charge in [0.15, 0.2) is 5.76 Å². The number of hydrogen-bond acceptors (Lipinski definition) is 4. The molecular formula is C16H12F2N2O3S. The van der Waals surface area contributed by atoms with Crippen molar-refractivity contribution in [2.75, 3.05) is 0 Å². The van der Waals surface area contributed by atoms with E-state index in [2.05, 4.69) is 4.98 Å². The van der Waals surface area contributed by atoms with E-state index in [1.807, 2.05) is 0 Å². The molecule has 0 aliphatic carbocycles. The van der Waals surface area contributed by atoms with Crippen molar-refractivity contribution in [2.24, 2.45) is 5.14 Å². The predicted octanol–water partition coefficient (Wildman–Crippen LogP) is 3.59. The highest BCUT2D eigenvalue weighted by atomic mass is 32.2. The van der Waals surface area contributed by atoms with Crippen molar-refractivity contribution < 1.29 is 21.6 Å². The number of benzene rings is 2. The van der Waals surface area contributed by atoms with E-state index in [-0.39, 0.29) is 21.9 Å². The quantitative estimate of drug-likeness (QED) is 0.779. The van der Waals surface area contributed by atoms with Gasteiger partial charge in [0, 0.05) is 11.1 Å². The molecule has 8 heteroatoms. The summed E-state index contributed by atoms with van der Waals surface area (Å²) in [5, 5.41) is 5.22. The Morgan fingerprint density at radius 1 is 1.00 bits per heavy atom. The SMILES string of the molecule is NS(=O)(=O)c1ccccc1-c1nc(C(F)F)oc1-c1ccccc1. The molecule has 0 fully saturated rings. The average molecular weight is 350 g/mol. The first-order valence-electron chi connectivity index (χ1n) is 6.84. The summed E-state index contributed by atoms with van der Waals surface area (Å²) in [4.78, 5) is 3.58. The minimum Gasteiger partial charge on any atom is -0.435 e. The largest absolute Gasteiger partial charge is 0.435 e. The molecule has 5 nitrogen and oxygen atoms in total. The number of alkyl halides is 2. The van der Waals surface area contributed by atoms with Crippen molar-refractivity contribution in [1.82, 2.24) is 4.98 Å². The normalized spacial score (nSPS) is 11.8. The van der Waals surface area contributed by atoms with Crippen LogP contribution in [0.5, 0.6) is 0 Å². The number of oxazole rings is 1. The molecular weight excluding hydrogens is 338 g/mol. The van der Waals surface area contributed by atoms with E-state index in [4.69, 9.17) is 9.56 Å². The van der Waals surface area contributed by atoms with Gasteiger partial charge in [0.2, 0.25) is 10.0 Å². The molecule has 1 aromatic heterocycles. The molecule has 0 unspecified atom stereocenters. The molecule has 3 rings (SSSR count). The first-order valence-corrected chi connectivity index (χ1v) is 8.39. The number of nitrogens with zero attached hydrogens (tertiary/aromatic N) is 1. The molecule has 24 heavy (non-hydrogen) atoms. The minimum atomic E-state index is -4.06. The van der Waals surface area contributed by atoms with Crippen molar-refractivity contribution in [3.8, 4) is 22.6 Å². The molecule has 3 aromatic rings. The lowest BCUT2D eigenvalue weighted by Crippen LogP contribution is -2.13. The smallest absolute Gasteiger partial charge is 0.313 e. The third kappa shape index (κ3) is 3.06. The summed E-state index contributed by atoms with van der Waals surface area (Å²) in [6, 6.07) is 14.2. The van der Waals surface area contributed by atoms with Crippen LogP contribution in [0, 0.1) is 0 Å². The number of sulfonamides is 1. The van der Waals surface area contributed by atoms with Crippen LogP contribution >= 0.6 is 0 Å². The van der Waals surface area contributed by atoms with Crippen LogP contribution in [0.1, 0.15) is 12.3 Å². The highest BCUT2D eigenvalue weighted by molar-refractivity contribution is 7.89. The summed E-state index contributed by atoms with van der Waals surface area (Å²) in [7, 11) is -4.06. The van der Waals surface area contributed by atoms with Crippen molar-refractivity contribution in [2.45, 2.75) is 11.3 Å². The third-order valence-corrected chi connectivity index (χ3v) is 4.28. The topological polar surface area (TPSA) is 86.2 Å². The molecule has 0 aliphatic heterocycles. The minimum absolute atomic E-state index is 0.00104. The van der Waals surface area contributed by atoms with Gasteiger partial charge < -0.3 is 4.42 Å². The van der Waals surface area contributed by atoms with Gasteiger partial charge in [-0.2, -0.15) is 8.78 Å². The molecule has 2 N–H and O–H groups in total. The maximum Gasteiger partial charge on any atom is 0.313 e. The van der Waals surface area contributed by atoms with Crippen molar-refractivity contribution in [1.29, 1.82) is 0 Å². The van der Waals surface area contributed by atoms with E-state index in [9.17, 15) is 17.2 Å². The summed E-state index contributed by atoms with van der Waals surface area (Å²) >= 11 is 0. The molecule has 0 amide bonds. The van der Waals surface area contributed by atoms with Crippen LogP contribution in [-0.2, 0) is 10.0 Å². The summed E-state index contributed by atoms with van der Waals surface area (Å²) in [5.41, 5.74) is 0.603. The Labute approximate surface area is 136 Å². The second-order valence-electron chi connectivity index (χ2n) is 4.94. The Kier molecular flexibility index (Phi) is 4.16. The number of nitrogens with two attached hydrogens (primary N) is 1. The van der Waals surface area contributed by atoms with E-state index in [0.29, 0.717) is 5.56 Å². The Balaban J connectivity index is 2.30. The predicted molar refractivity (Wildman–Crippen MR) is 83.7 cm³/mol. The fourth-order valence-corrected chi connectivity index (χ4v) is 3.05. The fourth-order valence-electron chi connectivity index (χ4n) is 2.31. The molecule has 0 atom stereocenters. The Morgan fingerprint density at radius 2 is 1.62 bits per heavy atom. The molecule has 0 saturated carbocycles. The molecule has 2 aromatic carbocycles. The van der Waals surface area contributed by atoms with Gasteiger partial charge >= 0.3 is 6.43 Å². The fraction of sp³-hybridized carbons (Fsp3) is 0.0625. The molecule has 0 aliphatic rings. The van der Waals surface area contributed by atoms with E-state index in [1.54, 1.807) is 36.4 Å². The second-order valence-corrected chi connectivity index (χ2v) is 6.47. The number of hydrogen-bond donors (Lipinski definition) is 1. The number of halogens is 2. The summed E-state index contributed by atoms with van der Waals surface area (Å²) in [5.74, 6) is -0.727. The first-order chi connectivity index (χ1) is 11.4. The van der Waals surface area contributed by atoms with Crippen molar-refractivity contribution >= 4 is 10.0 Å². The molecule has 0 saturated heterocycles. The zero-order valence-corrected chi connectivity index (χ0v) is 13.0. The average Bonchev–Trinajstić information content (AvgIpc) is 3.00.